The van der Waals surface area contributed by atoms with E-state index in [2.05, 4.69) is 20.4 Å². The van der Waals surface area contributed by atoms with E-state index in [-0.39, 0.29) is 35.8 Å². The number of nitrogens with zero attached hydrogens (tertiary/aromatic N) is 1. The number of aliphatic imine (C=N–C) groups is 1. The molecule has 2 rings (SSSR count). The van der Waals surface area contributed by atoms with Crippen molar-refractivity contribution >= 4 is 29.9 Å². The van der Waals surface area contributed by atoms with E-state index in [1.54, 1.807) is 32.4 Å². The topological polar surface area (TPSA) is 54.9 Å². The SMILES string of the molecule is CN=C(NCc1cc(C)ccc1OC(F)F)NCC(OC)c1ccccc1.I. The van der Waals surface area contributed by atoms with Gasteiger partial charge in [0.1, 0.15) is 5.75 Å². The average molecular weight is 505 g/mol. The Morgan fingerprint density at radius 3 is 2.43 bits per heavy atom. The molecule has 0 radical (unpaired) electrons. The van der Waals surface area contributed by atoms with Gasteiger partial charge in [-0.15, -0.1) is 24.0 Å². The van der Waals surface area contributed by atoms with E-state index in [1.165, 1.54) is 0 Å². The number of rotatable bonds is 8. The first-order chi connectivity index (χ1) is 13.0. The number of hydrogen-bond donors (Lipinski definition) is 2. The zero-order valence-corrected chi connectivity index (χ0v) is 18.4. The molecule has 0 amide bonds. The summed E-state index contributed by atoms with van der Waals surface area (Å²) in [6.07, 6.45) is -0.138. The van der Waals surface area contributed by atoms with E-state index in [1.807, 2.05) is 37.3 Å². The summed E-state index contributed by atoms with van der Waals surface area (Å²) < 4.78 is 35.3. The number of nitrogens with one attached hydrogen (secondary N) is 2. The van der Waals surface area contributed by atoms with E-state index in [0.29, 0.717) is 24.6 Å². The van der Waals surface area contributed by atoms with Gasteiger partial charge in [0, 0.05) is 32.8 Å². The Morgan fingerprint density at radius 2 is 1.82 bits per heavy atom. The van der Waals surface area contributed by atoms with Gasteiger partial charge in [-0.25, -0.2) is 0 Å². The zero-order chi connectivity index (χ0) is 19.6. The molecule has 1 unspecified atom stereocenters. The Bertz CT molecular complexity index is 745. The van der Waals surface area contributed by atoms with Crippen molar-refractivity contribution in [2.24, 2.45) is 4.99 Å². The molecule has 0 aliphatic carbocycles. The Kier molecular flexibility index (Phi) is 10.8. The third-order valence-electron chi connectivity index (χ3n) is 4.01. The fourth-order valence-corrected chi connectivity index (χ4v) is 2.65. The smallest absolute Gasteiger partial charge is 0.387 e. The van der Waals surface area contributed by atoms with Gasteiger partial charge in [-0.2, -0.15) is 8.78 Å². The van der Waals surface area contributed by atoms with Gasteiger partial charge < -0.3 is 20.1 Å². The zero-order valence-electron chi connectivity index (χ0n) is 16.1. The minimum absolute atomic E-state index is 0. The van der Waals surface area contributed by atoms with Crippen LogP contribution in [0.5, 0.6) is 5.75 Å². The fourth-order valence-electron chi connectivity index (χ4n) is 2.65. The predicted molar refractivity (Wildman–Crippen MR) is 118 cm³/mol. The molecule has 0 heterocycles. The number of ether oxygens (including phenoxy) is 2. The van der Waals surface area contributed by atoms with Gasteiger partial charge in [-0.05, 0) is 18.6 Å². The van der Waals surface area contributed by atoms with Crippen molar-refractivity contribution in [3.8, 4) is 5.75 Å². The van der Waals surface area contributed by atoms with Gasteiger partial charge in [-0.3, -0.25) is 4.99 Å². The van der Waals surface area contributed by atoms with Crippen molar-refractivity contribution in [2.75, 3.05) is 20.7 Å². The van der Waals surface area contributed by atoms with Gasteiger partial charge in [-0.1, -0.05) is 48.0 Å². The molecule has 2 aromatic carbocycles. The molecule has 1 atom stereocenters. The maximum absolute atomic E-state index is 12.6. The van der Waals surface area contributed by atoms with Crippen LogP contribution in [-0.4, -0.2) is 33.3 Å². The molecular weight excluding hydrogens is 479 g/mol. The summed E-state index contributed by atoms with van der Waals surface area (Å²) in [7, 11) is 3.29. The minimum atomic E-state index is -2.86. The highest BCUT2D eigenvalue weighted by Crippen LogP contribution is 2.22. The second-order valence-corrected chi connectivity index (χ2v) is 5.93. The molecule has 0 saturated heterocycles. The molecule has 5 nitrogen and oxygen atoms in total. The van der Waals surface area contributed by atoms with Crippen LogP contribution < -0.4 is 15.4 Å². The Hall–Kier alpha value is -1.94. The van der Waals surface area contributed by atoms with Gasteiger partial charge in [0.25, 0.3) is 0 Å². The first-order valence-corrected chi connectivity index (χ1v) is 8.60. The Morgan fingerprint density at radius 1 is 1.11 bits per heavy atom. The largest absolute Gasteiger partial charge is 0.434 e. The molecular formula is C20H26F2IN3O2. The maximum Gasteiger partial charge on any atom is 0.387 e. The predicted octanol–water partition coefficient (Wildman–Crippen LogP) is 4.27. The summed E-state index contributed by atoms with van der Waals surface area (Å²) in [5.74, 6) is 0.690. The third-order valence-corrected chi connectivity index (χ3v) is 4.01. The number of halogens is 3. The Balaban J connectivity index is 0.00000392. The van der Waals surface area contributed by atoms with Crippen LogP contribution >= 0.6 is 24.0 Å². The van der Waals surface area contributed by atoms with Gasteiger partial charge in [0.2, 0.25) is 0 Å². The lowest BCUT2D eigenvalue weighted by atomic mass is 10.1. The molecule has 0 spiro atoms. The van der Waals surface area contributed by atoms with E-state index in [9.17, 15) is 8.78 Å². The summed E-state index contributed by atoms with van der Waals surface area (Å²) in [6.45, 7) is -0.163. The molecule has 0 aliphatic rings. The van der Waals surface area contributed by atoms with Crippen molar-refractivity contribution in [1.29, 1.82) is 0 Å². The highest BCUT2D eigenvalue weighted by Gasteiger charge is 2.13. The van der Waals surface area contributed by atoms with Crippen LogP contribution in [-0.2, 0) is 11.3 Å². The standard InChI is InChI=1S/C20H25F2N3O2.HI/c1-14-9-10-17(27-19(21)22)16(11-14)12-24-20(23-2)25-13-18(26-3)15-7-5-4-6-8-15;/h4-11,18-19H,12-13H2,1-3H3,(H2,23,24,25);1H. The molecule has 2 aromatic rings. The molecule has 28 heavy (non-hydrogen) atoms. The number of methoxy groups -OCH3 is 1. The fraction of sp³-hybridized carbons (Fsp3) is 0.350. The van der Waals surface area contributed by atoms with Crippen molar-refractivity contribution < 1.29 is 18.3 Å². The van der Waals surface area contributed by atoms with Crippen LogP contribution in [0.25, 0.3) is 0 Å². The minimum Gasteiger partial charge on any atom is -0.434 e. The van der Waals surface area contributed by atoms with E-state index in [0.717, 1.165) is 11.1 Å². The number of alkyl halides is 2. The molecule has 0 aliphatic heterocycles. The summed E-state index contributed by atoms with van der Waals surface area (Å²) >= 11 is 0. The lowest BCUT2D eigenvalue weighted by Gasteiger charge is -2.19. The number of benzene rings is 2. The number of guanidine groups is 1. The second-order valence-electron chi connectivity index (χ2n) is 5.93. The second kappa shape index (κ2) is 12.5. The summed E-state index contributed by atoms with van der Waals surface area (Å²) in [4.78, 5) is 4.17. The summed E-state index contributed by atoms with van der Waals surface area (Å²) in [6, 6.07) is 14.9. The van der Waals surface area contributed by atoms with Gasteiger partial charge in [0.15, 0.2) is 5.96 Å². The van der Waals surface area contributed by atoms with Crippen molar-refractivity contribution in [3.63, 3.8) is 0 Å². The number of aryl methyl sites for hydroxylation is 1. The molecule has 0 fully saturated rings. The monoisotopic (exact) mass is 505 g/mol. The van der Waals surface area contributed by atoms with E-state index >= 15 is 0 Å². The number of hydrogen-bond acceptors (Lipinski definition) is 3. The molecule has 8 heteroatoms. The normalized spacial score (nSPS) is 12.3. The molecule has 0 saturated carbocycles. The van der Waals surface area contributed by atoms with Gasteiger partial charge in [0.05, 0.1) is 6.10 Å². The van der Waals surface area contributed by atoms with Crippen molar-refractivity contribution in [1.82, 2.24) is 10.6 Å². The van der Waals surface area contributed by atoms with Crippen LogP contribution in [0.15, 0.2) is 53.5 Å². The lowest BCUT2D eigenvalue weighted by Crippen LogP contribution is -2.39. The Labute approximate surface area is 181 Å². The average Bonchev–Trinajstić information content (AvgIpc) is 2.67. The first-order valence-electron chi connectivity index (χ1n) is 8.60. The maximum atomic E-state index is 12.6. The first kappa shape index (κ1) is 24.1. The molecule has 0 bridgehead atoms. The van der Waals surface area contributed by atoms with Gasteiger partial charge >= 0.3 is 6.61 Å². The molecule has 2 N–H and O–H groups in total. The lowest BCUT2D eigenvalue weighted by molar-refractivity contribution is -0.0504. The third kappa shape index (κ3) is 7.59. The van der Waals surface area contributed by atoms with Crippen LogP contribution in [0.1, 0.15) is 22.8 Å². The van der Waals surface area contributed by atoms with Crippen molar-refractivity contribution in [3.05, 3.63) is 65.2 Å². The van der Waals surface area contributed by atoms with Crippen molar-refractivity contribution in [2.45, 2.75) is 26.2 Å². The van der Waals surface area contributed by atoms with Crippen LogP contribution in [0.2, 0.25) is 0 Å². The quantitative estimate of drug-likeness (QED) is 0.320. The van der Waals surface area contributed by atoms with Crippen LogP contribution in [0, 0.1) is 6.92 Å². The molecule has 0 aromatic heterocycles. The highest BCUT2D eigenvalue weighted by molar-refractivity contribution is 14.0. The molecule has 154 valence electrons. The van der Waals surface area contributed by atoms with Crippen LogP contribution in [0.4, 0.5) is 8.78 Å². The van der Waals surface area contributed by atoms with E-state index in [4.69, 9.17) is 4.74 Å². The highest BCUT2D eigenvalue weighted by atomic mass is 127. The van der Waals surface area contributed by atoms with E-state index < -0.39 is 6.61 Å². The summed E-state index contributed by atoms with van der Waals surface area (Å²) in [5.41, 5.74) is 2.64. The van der Waals surface area contributed by atoms with Crippen LogP contribution in [0.3, 0.4) is 0 Å². The summed E-state index contributed by atoms with van der Waals surface area (Å²) in [5, 5.41) is 6.30.